The van der Waals surface area contributed by atoms with Gasteiger partial charge in [-0.1, -0.05) is 12.1 Å². The van der Waals surface area contributed by atoms with Gasteiger partial charge in [0.05, 0.1) is 18.2 Å². The quantitative estimate of drug-likeness (QED) is 0.866. The Hall–Kier alpha value is -1.88. The molecule has 2 N–H and O–H groups in total. The number of nitrogens with two attached hydrogens (primary N) is 1. The molecule has 1 aromatic carbocycles. The molecule has 5 nitrogen and oxygen atoms in total. The van der Waals surface area contributed by atoms with Crippen molar-refractivity contribution in [3.8, 4) is 0 Å². The molecular weight excluding hydrogens is 228 g/mol. The third-order valence-corrected chi connectivity index (χ3v) is 3.39. The molecular formula is C13H16N4O. The average molecular weight is 244 g/mol. The van der Waals surface area contributed by atoms with Crippen LogP contribution in [0.5, 0.6) is 0 Å². The lowest BCUT2D eigenvalue weighted by Crippen LogP contribution is -2.32. The van der Waals surface area contributed by atoms with Crippen LogP contribution in [-0.2, 0) is 4.74 Å². The SMILES string of the molecule is CN(c1nc(N)nc2ccccc12)C1CCOC1. The zero-order valence-electron chi connectivity index (χ0n) is 10.3. The molecule has 0 aliphatic carbocycles. The lowest BCUT2D eigenvalue weighted by molar-refractivity contribution is 0.193. The van der Waals surface area contributed by atoms with E-state index in [2.05, 4.69) is 14.9 Å². The van der Waals surface area contributed by atoms with E-state index in [0.29, 0.717) is 12.0 Å². The number of anilines is 2. The number of benzene rings is 1. The summed E-state index contributed by atoms with van der Waals surface area (Å²) in [6.07, 6.45) is 1.02. The van der Waals surface area contributed by atoms with E-state index in [9.17, 15) is 0 Å². The highest BCUT2D eigenvalue weighted by molar-refractivity contribution is 5.90. The number of likely N-dealkylation sites (N-methyl/N-ethyl adjacent to an activating group) is 1. The largest absolute Gasteiger partial charge is 0.379 e. The average Bonchev–Trinajstić information content (AvgIpc) is 2.90. The zero-order valence-corrected chi connectivity index (χ0v) is 10.3. The normalized spacial score (nSPS) is 19.3. The van der Waals surface area contributed by atoms with Crippen molar-refractivity contribution in [3.05, 3.63) is 24.3 Å². The first-order chi connectivity index (χ1) is 8.75. The minimum atomic E-state index is 0.314. The van der Waals surface area contributed by atoms with Crippen LogP contribution in [0.4, 0.5) is 11.8 Å². The van der Waals surface area contributed by atoms with Gasteiger partial charge in [-0.2, -0.15) is 4.98 Å². The minimum Gasteiger partial charge on any atom is -0.379 e. The molecule has 2 heterocycles. The fourth-order valence-electron chi connectivity index (χ4n) is 2.35. The summed E-state index contributed by atoms with van der Waals surface area (Å²) < 4.78 is 5.43. The van der Waals surface area contributed by atoms with E-state index < -0.39 is 0 Å². The van der Waals surface area contributed by atoms with Gasteiger partial charge in [0.15, 0.2) is 0 Å². The standard InChI is InChI=1S/C13H16N4O/c1-17(9-6-7-18-8-9)12-10-4-2-3-5-11(10)15-13(14)16-12/h2-5,9H,6-8H2,1H3,(H2,14,15,16). The summed E-state index contributed by atoms with van der Waals surface area (Å²) in [5.74, 6) is 1.20. The molecule has 3 rings (SSSR count). The van der Waals surface area contributed by atoms with Gasteiger partial charge in [-0.05, 0) is 18.6 Å². The van der Waals surface area contributed by atoms with E-state index in [1.54, 1.807) is 0 Å². The van der Waals surface area contributed by atoms with Crippen molar-refractivity contribution in [1.29, 1.82) is 0 Å². The van der Waals surface area contributed by atoms with E-state index in [4.69, 9.17) is 10.5 Å². The van der Waals surface area contributed by atoms with Crippen LogP contribution < -0.4 is 10.6 Å². The first-order valence-corrected chi connectivity index (χ1v) is 6.08. The first-order valence-electron chi connectivity index (χ1n) is 6.08. The summed E-state index contributed by atoms with van der Waals surface area (Å²) in [6.45, 7) is 1.56. The van der Waals surface area contributed by atoms with Crippen LogP contribution >= 0.6 is 0 Å². The van der Waals surface area contributed by atoms with E-state index in [1.165, 1.54) is 0 Å². The van der Waals surface area contributed by atoms with Crippen molar-refractivity contribution in [2.75, 3.05) is 30.9 Å². The van der Waals surface area contributed by atoms with Crippen molar-refractivity contribution < 1.29 is 4.74 Å². The number of aromatic nitrogens is 2. The van der Waals surface area contributed by atoms with Crippen LogP contribution in [0.15, 0.2) is 24.3 Å². The molecule has 1 unspecified atom stereocenters. The van der Waals surface area contributed by atoms with Crippen molar-refractivity contribution >= 4 is 22.7 Å². The lowest BCUT2D eigenvalue weighted by Gasteiger charge is -2.25. The number of para-hydroxylation sites is 1. The van der Waals surface area contributed by atoms with Crippen LogP contribution in [-0.4, -0.2) is 36.3 Å². The number of hydrogen-bond donors (Lipinski definition) is 1. The molecule has 1 fully saturated rings. The Bertz CT molecular complexity index is 566. The van der Waals surface area contributed by atoms with E-state index in [0.717, 1.165) is 36.4 Å². The molecule has 0 saturated carbocycles. The molecule has 0 bridgehead atoms. The Kier molecular flexibility index (Phi) is 2.76. The molecule has 1 atom stereocenters. The molecule has 0 amide bonds. The second kappa shape index (κ2) is 4.42. The van der Waals surface area contributed by atoms with Crippen LogP contribution in [0.3, 0.4) is 0 Å². The van der Waals surface area contributed by atoms with E-state index in [-0.39, 0.29) is 0 Å². The Balaban J connectivity index is 2.09. The van der Waals surface area contributed by atoms with Crippen molar-refractivity contribution in [1.82, 2.24) is 9.97 Å². The summed E-state index contributed by atoms with van der Waals surface area (Å²) in [5.41, 5.74) is 6.66. The van der Waals surface area contributed by atoms with E-state index >= 15 is 0 Å². The van der Waals surface area contributed by atoms with Gasteiger partial charge in [0.1, 0.15) is 5.82 Å². The fourth-order valence-corrected chi connectivity index (χ4v) is 2.35. The summed E-state index contributed by atoms with van der Waals surface area (Å²) in [6, 6.07) is 8.29. The number of ether oxygens (including phenoxy) is 1. The Morgan fingerprint density at radius 2 is 2.17 bits per heavy atom. The maximum Gasteiger partial charge on any atom is 0.222 e. The molecule has 5 heteroatoms. The zero-order chi connectivity index (χ0) is 12.5. The van der Waals surface area contributed by atoms with Crippen LogP contribution in [0, 0.1) is 0 Å². The van der Waals surface area contributed by atoms with E-state index in [1.807, 2.05) is 31.3 Å². The molecule has 0 radical (unpaired) electrons. The molecule has 18 heavy (non-hydrogen) atoms. The Morgan fingerprint density at radius 3 is 2.94 bits per heavy atom. The third-order valence-electron chi connectivity index (χ3n) is 3.39. The lowest BCUT2D eigenvalue weighted by atomic mass is 10.2. The van der Waals surface area contributed by atoms with Gasteiger partial charge in [-0.15, -0.1) is 0 Å². The summed E-state index contributed by atoms with van der Waals surface area (Å²) in [5, 5.41) is 1.03. The molecule has 94 valence electrons. The minimum absolute atomic E-state index is 0.314. The van der Waals surface area contributed by atoms with Crippen LogP contribution in [0.1, 0.15) is 6.42 Å². The molecule has 1 aliphatic rings. The van der Waals surface area contributed by atoms with Gasteiger partial charge >= 0.3 is 0 Å². The molecule has 2 aromatic rings. The van der Waals surface area contributed by atoms with Gasteiger partial charge in [0.2, 0.25) is 5.95 Å². The Morgan fingerprint density at radius 1 is 1.33 bits per heavy atom. The van der Waals surface area contributed by atoms with Gasteiger partial charge in [0, 0.05) is 19.0 Å². The topological polar surface area (TPSA) is 64.3 Å². The van der Waals surface area contributed by atoms with Gasteiger partial charge in [-0.25, -0.2) is 4.98 Å². The predicted octanol–water partition coefficient (Wildman–Crippen LogP) is 1.44. The maximum atomic E-state index is 5.78. The molecule has 0 spiro atoms. The number of nitrogens with zero attached hydrogens (tertiary/aromatic N) is 3. The van der Waals surface area contributed by atoms with Gasteiger partial charge < -0.3 is 15.4 Å². The molecule has 1 aromatic heterocycles. The second-order valence-electron chi connectivity index (χ2n) is 4.55. The summed E-state index contributed by atoms with van der Waals surface area (Å²) in [4.78, 5) is 10.8. The highest BCUT2D eigenvalue weighted by Gasteiger charge is 2.23. The van der Waals surface area contributed by atoms with Crippen LogP contribution in [0.25, 0.3) is 10.9 Å². The number of fused-ring (bicyclic) bond motifs is 1. The summed E-state index contributed by atoms with van der Waals surface area (Å²) in [7, 11) is 2.04. The highest BCUT2D eigenvalue weighted by atomic mass is 16.5. The smallest absolute Gasteiger partial charge is 0.222 e. The van der Waals surface area contributed by atoms with Crippen molar-refractivity contribution in [3.63, 3.8) is 0 Å². The first kappa shape index (κ1) is 11.2. The van der Waals surface area contributed by atoms with Crippen molar-refractivity contribution in [2.24, 2.45) is 0 Å². The number of rotatable bonds is 2. The molecule has 1 aliphatic heterocycles. The number of hydrogen-bond acceptors (Lipinski definition) is 5. The molecule has 1 saturated heterocycles. The fraction of sp³-hybridized carbons (Fsp3) is 0.385. The monoisotopic (exact) mass is 244 g/mol. The van der Waals surface area contributed by atoms with Crippen molar-refractivity contribution in [2.45, 2.75) is 12.5 Å². The van der Waals surface area contributed by atoms with Gasteiger partial charge in [0.25, 0.3) is 0 Å². The maximum absolute atomic E-state index is 5.78. The predicted molar refractivity (Wildman–Crippen MR) is 71.6 cm³/mol. The van der Waals surface area contributed by atoms with Crippen LogP contribution in [0.2, 0.25) is 0 Å². The number of nitrogen functional groups attached to an aromatic ring is 1. The third kappa shape index (κ3) is 1.86. The summed E-state index contributed by atoms with van der Waals surface area (Å²) >= 11 is 0. The van der Waals surface area contributed by atoms with Gasteiger partial charge in [-0.3, -0.25) is 0 Å². The highest BCUT2D eigenvalue weighted by Crippen LogP contribution is 2.26. The second-order valence-corrected chi connectivity index (χ2v) is 4.55. The Labute approximate surface area is 106 Å².